The van der Waals surface area contributed by atoms with Crippen molar-refractivity contribution in [1.29, 1.82) is 0 Å². The van der Waals surface area contributed by atoms with Gasteiger partial charge >= 0.3 is 47.8 Å². The average molecular weight is 1190 g/mol. The number of nitrogens with one attached hydrogen (secondary N) is 2. The van der Waals surface area contributed by atoms with Gasteiger partial charge in [-0.25, -0.2) is 30.1 Å². The molecule has 2 fully saturated rings. The predicted molar refractivity (Wildman–Crippen MR) is 281 cm³/mol. The lowest BCUT2D eigenvalue weighted by Gasteiger charge is -2.32. The van der Waals surface area contributed by atoms with Crippen LogP contribution in [0, 0.1) is 32.1 Å². The number of Topliss-reactive ketones (excluding diaryl/α,β-unsaturated/α-hetero) is 2. The van der Waals surface area contributed by atoms with Crippen LogP contribution in [0.25, 0.3) is 0 Å². The Balaban J connectivity index is 1.17. The van der Waals surface area contributed by atoms with Gasteiger partial charge in [0.2, 0.25) is 0 Å². The summed E-state index contributed by atoms with van der Waals surface area (Å²) in [6, 6.07) is 0.466. The zero-order valence-electron chi connectivity index (χ0n) is 46.2. The molecule has 2 heterocycles. The molecule has 462 valence electrons. The number of hydroxylamine groups is 4. The second-order valence-electron chi connectivity index (χ2n) is 19.8. The molecule has 9 atom stereocenters. The smallest absolute Gasteiger partial charge is 0.391 e. The lowest BCUT2D eigenvalue weighted by atomic mass is 10.00. The van der Waals surface area contributed by atoms with Crippen LogP contribution in [0.15, 0.2) is 48.5 Å². The fraction of sp³-hybridized carbons (Fsp3) is 0.551. The second kappa shape index (κ2) is 30.8. The number of benzene rings is 2. The molecule has 2 aliphatic rings. The van der Waals surface area contributed by atoms with Crippen molar-refractivity contribution in [3.8, 4) is 0 Å². The minimum absolute atomic E-state index is 0.00675. The van der Waals surface area contributed by atoms with Crippen molar-refractivity contribution in [2.75, 3.05) is 44.4 Å². The van der Waals surface area contributed by atoms with Gasteiger partial charge in [0, 0.05) is 75.6 Å². The molecule has 2 aromatic carbocycles. The van der Waals surface area contributed by atoms with Gasteiger partial charge in [-0.15, -0.1) is 10.1 Å². The van der Waals surface area contributed by atoms with Crippen LogP contribution in [-0.2, 0) is 91.0 Å². The molecule has 35 heteroatoms. The van der Waals surface area contributed by atoms with Crippen LogP contribution < -0.4 is 45.4 Å². The summed E-state index contributed by atoms with van der Waals surface area (Å²) in [6.45, 7) is 4.23. The fourth-order valence-corrected chi connectivity index (χ4v) is 7.54. The highest BCUT2D eigenvalue weighted by atomic mass is 16.7. The Morgan fingerprint density at radius 3 is 1.30 bits per heavy atom. The Kier molecular flexibility index (Phi) is 24.9. The first-order chi connectivity index (χ1) is 39.4. The quantitative estimate of drug-likeness (QED) is 0.0132. The summed E-state index contributed by atoms with van der Waals surface area (Å²) in [5.74, 6) is -12.7. The number of carbonyl (C=O) groups excluding carboxylic acids is 10. The number of carbonyl (C=O) groups is 10. The van der Waals surface area contributed by atoms with Gasteiger partial charge in [0.25, 0.3) is 22.8 Å². The zero-order valence-corrected chi connectivity index (χ0v) is 46.2. The third-order valence-corrected chi connectivity index (χ3v) is 12.9. The number of hydrogen-bond acceptors (Lipinski definition) is 33. The zero-order chi connectivity index (χ0) is 62.8. The van der Waals surface area contributed by atoms with Crippen LogP contribution in [0.1, 0.15) is 72.6 Å². The maximum absolute atomic E-state index is 13.3. The van der Waals surface area contributed by atoms with Crippen molar-refractivity contribution < 1.29 is 101 Å². The van der Waals surface area contributed by atoms with E-state index in [0.29, 0.717) is 12.8 Å². The number of esters is 4. The number of non-ortho nitro benzene ring substituents is 2. The average Bonchev–Trinajstić information content (AvgIpc) is 4.31. The van der Waals surface area contributed by atoms with Gasteiger partial charge in [0.1, 0.15) is 61.4 Å². The molecule has 0 bridgehead atoms. The molecule has 2 aromatic rings. The standard InChI is InChI=1S/C49H68N12O23/c1-25(2)48(54,46(70)81-56-27-10-14-29(15-11-27)60(72)73)79-44(68)36-8-6-18-58(36)83-42(66)34(52)23-77-40(64)32(50)20-31(62)21-39(76-5)38(63)22-33(51)41(65)78-24-35(53)43(67)84-59-19-7-9-37(59)45(69)80-49(55,26(3)4)47(71)82-57-28-12-16-30(17-13-28)61(74)75/h10-17,25-26,32-37,39,56-57H,6-9,18-24,50-55H2,1-5H3. The normalized spacial score (nSPS) is 18.4. The van der Waals surface area contributed by atoms with Gasteiger partial charge in [0.05, 0.1) is 21.2 Å². The number of nitro groups is 2. The molecule has 84 heavy (non-hydrogen) atoms. The van der Waals surface area contributed by atoms with Crippen molar-refractivity contribution in [2.45, 2.75) is 126 Å². The van der Waals surface area contributed by atoms with Gasteiger partial charge < -0.3 is 66.0 Å². The molecule has 0 aromatic heterocycles. The van der Waals surface area contributed by atoms with Crippen LogP contribution >= 0.6 is 0 Å². The Morgan fingerprint density at radius 1 is 0.583 bits per heavy atom. The maximum Gasteiger partial charge on any atom is 0.391 e. The lowest BCUT2D eigenvalue weighted by Crippen LogP contribution is -2.59. The van der Waals surface area contributed by atoms with E-state index in [9.17, 15) is 68.2 Å². The van der Waals surface area contributed by atoms with E-state index in [-0.39, 0.29) is 48.7 Å². The van der Waals surface area contributed by atoms with E-state index in [2.05, 4.69) is 11.0 Å². The molecule has 0 aliphatic carbocycles. The Bertz CT molecular complexity index is 2740. The highest BCUT2D eigenvalue weighted by molar-refractivity contribution is 5.94. The molecule has 14 N–H and O–H groups in total. The van der Waals surface area contributed by atoms with E-state index in [4.69, 9.17) is 77.4 Å². The van der Waals surface area contributed by atoms with Crippen LogP contribution in [-0.4, -0.2) is 167 Å². The minimum atomic E-state index is -2.37. The number of nitrogens with two attached hydrogens (primary N) is 6. The second-order valence-corrected chi connectivity index (χ2v) is 19.8. The molecule has 35 nitrogen and oxygen atoms in total. The van der Waals surface area contributed by atoms with Gasteiger partial charge in [-0.3, -0.25) is 60.5 Å². The van der Waals surface area contributed by atoms with Gasteiger partial charge in [-0.1, -0.05) is 27.7 Å². The van der Waals surface area contributed by atoms with Gasteiger partial charge in [-0.05, 0) is 49.9 Å². The molecule has 2 aliphatic heterocycles. The number of anilines is 2. The van der Waals surface area contributed by atoms with E-state index < -0.39 is 167 Å². The maximum atomic E-state index is 13.3. The lowest BCUT2D eigenvalue weighted by molar-refractivity contribution is -0.385. The van der Waals surface area contributed by atoms with E-state index in [1.165, 1.54) is 52.0 Å². The molecule has 0 saturated carbocycles. The molecule has 4 rings (SSSR count). The number of nitro benzene ring substituents is 2. The van der Waals surface area contributed by atoms with Crippen molar-refractivity contribution in [3.05, 3.63) is 68.8 Å². The molecular formula is C49H68N12O23. The molecule has 0 radical (unpaired) electrons. The highest BCUT2D eigenvalue weighted by Gasteiger charge is 2.49. The first-order valence-electron chi connectivity index (χ1n) is 25.8. The number of ketones is 2. The summed E-state index contributed by atoms with van der Waals surface area (Å²) in [6.07, 6.45) is -2.80. The number of hydrogen-bond donors (Lipinski definition) is 8. The van der Waals surface area contributed by atoms with E-state index in [0.717, 1.165) is 41.5 Å². The van der Waals surface area contributed by atoms with E-state index >= 15 is 0 Å². The van der Waals surface area contributed by atoms with E-state index in [1.54, 1.807) is 0 Å². The Labute approximate surface area is 477 Å². The van der Waals surface area contributed by atoms with Crippen LogP contribution in [0.5, 0.6) is 0 Å². The Hall–Kier alpha value is -8.42. The van der Waals surface area contributed by atoms with Crippen molar-refractivity contribution in [3.63, 3.8) is 0 Å². The molecule has 0 amide bonds. The predicted octanol–water partition coefficient (Wildman–Crippen LogP) is -1.78. The third kappa shape index (κ3) is 18.8. The monoisotopic (exact) mass is 1190 g/mol. The number of rotatable bonds is 32. The van der Waals surface area contributed by atoms with Crippen molar-refractivity contribution in [2.24, 2.45) is 46.2 Å². The van der Waals surface area contributed by atoms with Gasteiger partial charge in [-0.2, -0.15) is 0 Å². The first-order valence-corrected chi connectivity index (χ1v) is 25.8. The number of ether oxygens (including phenoxy) is 5. The molecule has 2 saturated heterocycles. The van der Waals surface area contributed by atoms with Gasteiger partial charge in [0.15, 0.2) is 5.78 Å². The van der Waals surface area contributed by atoms with Crippen LogP contribution in [0.4, 0.5) is 22.7 Å². The fourth-order valence-electron chi connectivity index (χ4n) is 7.54. The summed E-state index contributed by atoms with van der Waals surface area (Å²) in [5, 5.41) is 23.7. The third-order valence-electron chi connectivity index (χ3n) is 12.9. The topological polar surface area (TPSA) is 527 Å². The van der Waals surface area contributed by atoms with Crippen molar-refractivity contribution >= 4 is 82.1 Å². The first kappa shape index (κ1) is 68.1. The summed E-state index contributed by atoms with van der Waals surface area (Å²) in [5.41, 5.74) is 35.6. The Morgan fingerprint density at radius 2 is 0.952 bits per heavy atom. The SMILES string of the molecule is COC(CC(=O)CC(N)C(=O)OCC(N)C(=O)ON1CCCC1C(=O)OC(N)(C(=O)ONc1ccc([N+](=O)[O-])cc1)C(C)C)C(=O)CC(N)C(=O)OCC(N)C(=O)ON1CCCC1C(=O)OC(N)(C(=O)ONc1ccc([N+](=O)[O-])cc1)C(C)C. The summed E-state index contributed by atoms with van der Waals surface area (Å²) in [4.78, 5) is 171. The molecule has 9 unspecified atom stereocenters. The largest absolute Gasteiger partial charge is 0.462 e. The minimum Gasteiger partial charge on any atom is -0.462 e. The molecular weight excluding hydrogens is 1120 g/mol. The molecule has 0 spiro atoms. The van der Waals surface area contributed by atoms with Crippen LogP contribution in [0.3, 0.4) is 0 Å². The summed E-state index contributed by atoms with van der Waals surface area (Å²) in [7, 11) is 1.08. The van der Waals surface area contributed by atoms with E-state index in [1.807, 2.05) is 0 Å². The van der Waals surface area contributed by atoms with Crippen LogP contribution in [0.2, 0.25) is 0 Å². The number of methoxy groups -OCH3 is 1. The van der Waals surface area contributed by atoms with Crippen molar-refractivity contribution in [1.82, 2.24) is 10.1 Å². The number of nitrogens with zero attached hydrogens (tertiary/aromatic N) is 4. The summed E-state index contributed by atoms with van der Waals surface area (Å²) >= 11 is 0. The highest BCUT2D eigenvalue weighted by Crippen LogP contribution is 2.28. The summed E-state index contributed by atoms with van der Waals surface area (Å²) < 4.78 is 26.0.